The van der Waals surface area contributed by atoms with E-state index in [1.165, 1.54) is 22.1 Å². The van der Waals surface area contributed by atoms with Crippen LogP contribution in [0.15, 0.2) is 29.5 Å². The minimum absolute atomic E-state index is 0. The molecule has 9 heteroatoms. The molecule has 0 fully saturated rings. The molecule has 0 unspecified atom stereocenters. The van der Waals surface area contributed by atoms with Crippen LogP contribution in [0.4, 0.5) is 8.78 Å². The van der Waals surface area contributed by atoms with Gasteiger partial charge in [-0.3, -0.25) is 4.57 Å². The third kappa shape index (κ3) is 6.05. The van der Waals surface area contributed by atoms with E-state index in [-0.39, 0.29) is 36.3 Å². The molecule has 0 spiro atoms. The molecule has 0 aliphatic heterocycles. The lowest BCUT2D eigenvalue weighted by Gasteiger charge is -2.11. The van der Waals surface area contributed by atoms with Crippen LogP contribution in [-0.2, 0) is 13.1 Å². The zero-order valence-corrected chi connectivity index (χ0v) is 16.1. The van der Waals surface area contributed by atoms with Crippen LogP contribution in [0, 0.1) is 6.92 Å². The number of aromatic nitrogens is 2. The number of nitrogens with zero attached hydrogens (tertiary/aromatic N) is 3. The predicted molar refractivity (Wildman–Crippen MR) is 99.6 cm³/mol. The number of aliphatic imine (C=N–C) groups is 1. The highest BCUT2D eigenvalue weighted by Crippen LogP contribution is 2.15. The highest BCUT2D eigenvalue weighted by atomic mass is 127. The van der Waals surface area contributed by atoms with Crippen LogP contribution in [0.2, 0.25) is 0 Å². The molecule has 0 atom stereocenters. The van der Waals surface area contributed by atoms with Crippen molar-refractivity contribution >= 4 is 41.3 Å². The van der Waals surface area contributed by atoms with E-state index in [1.807, 2.05) is 6.92 Å². The first-order valence-corrected chi connectivity index (χ1v) is 7.79. The summed E-state index contributed by atoms with van der Waals surface area (Å²) in [6.45, 7) is 2.84. The molecule has 0 aliphatic carbocycles. The van der Waals surface area contributed by atoms with E-state index >= 15 is 0 Å². The number of halogens is 3. The van der Waals surface area contributed by atoms with Crippen LogP contribution in [0.1, 0.15) is 29.1 Å². The average Bonchev–Trinajstić information content (AvgIpc) is 3.10. The first-order valence-electron chi connectivity index (χ1n) is 6.97. The number of alkyl halides is 2. The molecular weight excluding hydrogens is 435 g/mol. The van der Waals surface area contributed by atoms with Crippen molar-refractivity contribution in [3.63, 3.8) is 0 Å². The molecule has 2 N–H and O–H groups in total. The van der Waals surface area contributed by atoms with Gasteiger partial charge in [0, 0.05) is 28.7 Å². The summed E-state index contributed by atoms with van der Waals surface area (Å²) >= 11 is 1.71. The lowest BCUT2D eigenvalue weighted by atomic mass is 10.4. The first-order chi connectivity index (χ1) is 10.6. The summed E-state index contributed by atoms with van der Waals surface area (Å²) in [6.07, 6.45) is 2.61. The zero-order valence-electron chi connectivity index (χ0n) is 12.9. The van der Waals surface area contributed by atoms with Crippen molar-refractivity contribution in [1.29, 1.82) is 0 Å². The Balaban J connectivity index is 0.00000264. The molecule has 0 saturated carbocycles. The van der Waals surface area contributed by atoms with Crippen molar-refractivity contribution in [3.05, 3.63) is 40.1 Å². The Bertz CT molecular complexity index is 626. The van der Waals surface area contributed by atoms with Crippen LogP contribution in [0.5, 0.6) is 0 Å². The summed E-state index contributed by atoms with van der Waals surface area (Å²) in [5.41, 5.74) is 0. The van der Waals surface area contributed by atoms with Gasteiger partial charge in [0.25, 0.3) is 0 Å². The Morgan fingerprint density at radius 2 is 2.17 bits per heavy atom. The number of guanidine groups is 1. The Kier molecular flexibility index (Phi) is 8.45. The number of hydrogen-bond acceptors (Lipinski definition) is 3. The first kappa shape index (κ1) is 19.8. The number of aryl methyl sites for hydroxylation is 1. The second-order valence-corrected chi connectivity index (χ2v) is 5.96. The highest BCUT2D eigenvalue weighted by Gasteiger charge is 2.10. The molecular formula is C14H20F2IN5S. The molecule has 0 radical (unpaired) electrons. The maximum atomic E-state index is 12.7. The summed E-state index contributed by atoms with van der Waals surface area (Å²) in [5, 5.41) is 6.28. The SMILES string of the molecule is CCNC(=NCc1nccn1C(F)F)NCc1ccc(C)s1.I. The fraction of sp³-hybridized carbons (Fsp3) is 0.429. The molecule has 0 saturated heterocycles. The quantitative estimate of drug-likeness (QED) is 0.398. The van der Waals surface area contributed by atoms with E-state index in [1.54, 1.807) is 11.3 Å². The molecule has 5 nitrogen and oxygen atoms in total. The predicted octanol–water partition coefficient (Wildman–Crippen LogP) is 3.52. The second kappa shape index (κ2) is 9.81. The normalized spacial score (nSPS) is 11.4. The van der Waals surface area contributed by atoms with Gasteiger partial charge in [0.05, 0.1) is 6.54 Å². The lowest BCUT2D eigenvalue weighted by molar-refractivity contribution is 0.0671. The van der Waals surface area contributed by atoms with Crippen LogP contribution >= 0.6 is 35.3 Å². The van der Waals surface area contributed by atoms with Crippen molar-refractivity contribution in [2.45, 2.75) is 33.5 Å². The fourth-order valence-electron chi connectivity index (χ4n) is 1.89. The molecule has 23 heavy (non-hydrogen) atoms. The summed E-state index contributed by atoms with van der Waals surface area (Å²) in [4.78, 5) is 10.7. The number of rotatable bonds is 6. The standard InChI is InChI=1S/C14H19F2N5S.HI/c1-3-17-14(19-8-11-5-4-10(2)22-11)20-9-12-18-6-7-21(12)13(15)16;/h4-7,13H,3,8-9H2,1-2H3,(H2,17,19,20);1H. The van der Waals surface area contributed by atoms with Crippen molar-refractivity contribution in [1.82, 2.24) is 20.2 Å². The largest absolute Gasteiger partial charge is 0.357 e. The van der Waals surface area contributed by atoms with Crippen LogP contribution < -0.4 is 10.6 Å². The van der Waals surface area contributed by atoms with Gasteiger partial charge in [-0.25, -0.2) is 9.98 Å². The maximum absolute atomic E-state index is 12.7. The van der Waals surface area contributed by atoms with Crippen molar-refractivity contribution in [3.8, 4) is 0 Å². The van der Waals surface area contributed by atoms with Gasteiger partial charge < -0.3 is 10.6 Å². The Morgan fingerprint density at radius 1 is 1.39 bits per heavy atom. The lowest BCUT2D eigenvalue weighted by Crippen LogP contribution is -2.36. The average molecular weight is 455 g/mol. The second-order valence-electron chi connectivity index (χ2n) is 4.59. The molecule has 0 aliphatic rings. The molecule has 2 aromatic heterocycles. The minimum atomic E-state index is -2.60. The number of thiophene rings is 1. The summed E-state index contributed by atoms with van der Waals surface area (Å²) in [6, 6.07) is 4.12. The Labute approximate surface area is 155 Å². The number of nitrogens with one attached hydrogen (secondary N) is 2. The van der Waals surface area contributed by atoms with Crippen LogP contribution in [0.25, 0.3) is 0 Å². The number of hydrogen-bond donors (Lipinski definition) is 2. The van der Waals surface area contributed by atoms with Crippen LogP contribution in [0.3, 0.4) is 0 Å². The number of imidazole rings is 1. The van der Waals surface area contributed by atoms with E-state index in [0.717, 1.165) is 4.57 Å². The van der Waals surface area contributed by atoms with Crippen molar-refractivity contribution in [2.75, 3.05) is 6.54 Å². The molecule has 2 heterocycles. The van der Waals surface area contributed by atoms with Gasteiger partial charge in [-0.05, 0) is 26.0 Å². The monoisotopic (exact) mass is 455 g/mol. The van der Waals surface area contributed by atoms with Gasteiger partial charge in [0.2, 0.25) is 0 Å². The minimum Gasteiger partial charge on any atom is -0.357 e. The van der Waals surface area contributed by atoms with E-state index < -0.39 is 6.55 Å². The van der Waals surface area contributed by atoms with Gasteiger partial charge >= 0.3 is 6.55 Å². The van der Waals surface area contributed by atoms with Gasteiger partial charge in [0.1, 0.15) is 12.4 Å². The van der Waals surface area contributed by atoms with Gasteiger partial charge in [-0.1, -0.05) is 0 Å². The summed E-state index contributed by atoms with van der Waals surface area (Å²) in [5.74, 6) is 0.816. The van der Waals surface area contributed by atoms with Gasteiger partial charge in [-0.15, -0.1) is 35.3 Å². The van der Waals surface area contributed by atoms with Crippen molar-refractivity contribution in [2.24, 2.45) is 4.99 Å². The molecule has 0 amide bonds. The van der Waals surface area contributed by atoms with Crippen LogP contribution in [-0.4, -0.2) is 22.1 Å². The molecule has 128 valence electrons. The highest BCUT2D eigenvalue weighted by molar-refractivity contribution is 14.0. The summed E-state index contributed by atoms with van der Waals surface area (Å²) in [7, 11) is 0. The van der Waals surface area contributed by atoms with E-state index in [0.29, 0.717) is 19.0 Å². The maximum Gasteiger partial charge on any atom is 0.319 e. The van der Waals surface area contributed by atoms with Crippen molar-refractivity contribution < 1.29 is 8.78 Å². The molecule has 2 aromatic rings. The Hall–Kier alpha value is -1.23. The van der Waals surface area contributed by atoms with E-state index in [4.69, 9.17) is 0 Å². The van der Waals surface area contributed by atoms with E-state index in [9.17, 15) is 8.78 Å². The topological polar surface area (TPSA) is 54.2 Å². The third-order valence-corrected chi connectivity index (χ3v) is 3.91. The fourth-order valence-corrected chi connectivity index (χ4v) is 2.72. The Morgan fingerprint density at radius 3 is 2.78 bits per heavy atom. The molecule has 0 bridgehead atoms. The molecule has 0 aromatic carbocycles. The smallest absolute Gasteiger partial charge is 0.319 e. The third-order valence-electron chi connectivity index (χ3n) is 2.91. The zero-order chi connectivity index (χ0) is 15.9. The molecule has 2 rings (SSSR count). The van der Waals surface area contributed by atoms with Gasteiger partial charge in [-0.2, -0.15) is 8.78 Å². The van der Waals surface area contributed by atoms with Gasteiger partial charge in [0.15, 0.2) is 5.96 Å². The summed E-state index contributed by atoms with van der Waals surface area (Å²) < 4.78 is 26.3. The van der Waals surface area contributed by atoms with E-state index in [2.05, 4.69) is 39.7 Å².